The maximum absolute atomic E-state index is 12.4. The molecule has 0 fully saturated rings. The first-order valence-electron chi connectivity index (χ1n) is 8.65. The van der Waals surface area contributed by atoms with E-state index in [4.69, 9.17) is 4.42 Å². The van der Waals surface area contributed by atoms with Gasteiger partial charge >= 0.3 is 6.61 Å². The molecule has 142 valence electrons. The predicted octanol–water partition coefficient (Wildman–Crippen LogP) is 5.07. The summed E-state index contributed by atoms with van der Waals surface area (Å²) in [7, 11) is 0. The SMILES string of the molecule is Cc1ccc2c(CC(=O)NC(C)c3cccc(OC(F)F)c3)coc2c1C. The third-order valence-electron chi connectivity index (χ3n) is 4.65. The topological polar surface area (TPSA) is 51.5 Å². The van der Waals surface area contributed by atoms with Crippen LogP contribution in [0.15, 0.2) is 47.1 Å². The molecule has 3 aromatic rings. The Balaban J connectivity index is 1.70. The number of halogens is 2. The van der Waals surface area contributed by atoms with Crippen LogP contribution in [-0.4, -0.2) is 12.5 Å². The lowest BCUT2D eigenvalue weighted by Gasteiger charge is -2.15. The summed E-state index contributed by atoms with van der Waals surface area (Å²) in [5.74, 6) is -0.112. The summed E-state index contributed by atoms with van der Waals surface area (Å²) in [6.45, 7) is 2.91. The number of aryl methyl sites for hydroxylation is 2. The summed E-state index contributed by atoms with van der Waals surface area (Å²) in [6.07, 6.45) is 1.78. The van der Waals surface area contributed by atoms with Crippen molar-refractivity contribution in [3.8, 4) is 5.75 Å². The molecule has 1 amide bonds. The molecule has 4 nitrogen and oxygen atoms in total. The molecule has 0 aliphatic rings. The number of nitrogens with one attached hydrogen (secondary N) is 1. The van der Waals surface area contributed by atoms with Gasteiger partial charge in [0.25, 0.3) is 0 Å². The van der Waals surface area contributed by atoms with Crippen molar-refractivity contribution in [2.75, 3.05) is 0 Å². The number of amides is 1. The van der Waals surface area contributed by atoms with Crippen LogP contribution in [0.1, 0.15) is 35.2 Å². The number of ether oxygens (including phenoxy) is 1. The van der Waals surface area contributed by atoms with Gasteiger partial charge in [0.2, 0.25) is 5.91 Å². The number of benzene rings is 2. The Morgan fingerprint density at radius 3 is 2.74 bits per heavy atom. The van der Waals surface area contributed by atoms with E-state index < -0.39 is 6.61 Å². The molecular formula is C21H21F2NO3. The average molecular weight is 373 g/mol. The van der Waals surface area contributed by atoms with Crippen molar-refractivity contribution in [3.63, 3.8) is 0 Å². The number of rotatable bonds is 6. The molecule has 1 unspecified atom stereocenters. The van der Waals surface area contributed by atoms with Crippen molar-refractivity contribution in [1.29, 1.82) is 0 Å². The van der Waals surface area contributed by atoms with Crippen molar-refractivity contribution in [3.05, 3.63) is 64.9 Å². The van der Waals surface area contributed by atoms with E-state index in [1.54, 1.807) is 25.3 Å². The van der Waals surface area contributed by atoms with Crippen LogP contribution in [0.5, 0.6) is 5.75 Å². The number of furan rings is 1. The Morgan fingerprint density at radius 2 is 2.00 bits per heavy atom. The molecule has 6 heteroatoms. The van der Waals surface area contributed by atoms with Gasteiger partial charge < -0.3 is 14.5 Å². The van der Waals surface area contributed by atoms with Gasteiger partial charge in [-0.05, 0) is 49.6 Å². The summed E-state index contributed by atoms with van der Waals surface area (Å²) in [5, 5.41) is 3.81. The van der Waals surface area contributed by atoms with Crippen LogP contribution in [0, 0.1) is 13.8 Å². The normalized spacial score (nSPS) is 12.4. The van der Waals surface area contributed by atoms with E-state index in [1.165, 1.54) is 12.1 Å². The zero-order valence-corrected chi connectivity index (χ0v) is 15.4. The zero-order valence-electron chi connectivity index (χ0n) is 15.4. The molecule has 3 rings (SSSR count). The van der Waals surface area contributed by atoms with E-state index in [-0.39, 0.29) is 24.1 Å². The fourth-order valence-electron chi connectivity index (χ4n) is 3.03. The average Bonchev–Trinajstić information content (AvgIpc) is 3.01. The van der Waals surface area contributed by atoms with Crippen LogP contribution in [0.3, 0.4) is 0 Å². The zero-order chi connectivity index (χ0) is 19.6. The van der Waals surface area contributed by atoms with Crippen molar-refractivity contribution in [2.24, 2.45) is 0 Å². The number of alkyl halides is 2. The van der Waals surface area contributed by atoms with Crippen LogP contribution in [0.4, 0.5) is 8.78 Å². The van der Waals surface area contributed by atoms with Crippen molar-refractivity contribution >= 4 is 16.9 Å². The van der Waals surface area contributed by atoms with Gasteiger partial charge in [-0.15, -0.1) is 0 Å². The van der Waals surface area contributed by atoms with E-state index in [2.05, 4.69) is 10.1 Å². The van der Waals surface area contributed by atoms with Crippen LogP contribution < -0.4 is 10.1 Å². The lowest BCUT2D eigenvalue weighted by Crippen LogP contribution is -2.28. The number of hydrogen-bond donors (Lipinski definition) is 1. The van der Waals surface area contributed by atoms with E-state index in [1.807, 2.05) is 26.0 Å². The van der Waals surface area contributed by atoms with E-state index in [0.29, 0.717) is 5.56 Å². The second-order valence-corrected chi connectivity index (χ2v) is 6.56. The molecule has 0 spiro atoms. The molecule has 0 bridgehead atoms. The lowest BCUT2D eigenvalue weighted by atomic mass is 10.0. The van der Waals surface area contributed by atoms with E-state index >= 15 is 0 Å². The smallest absolute Gasteiger partial charge is 0.387 e. The van der Waals surface area contributed by atoms with Crippen molar-refractivity contribution < 1.29 is 22.7 Å². The van der Waals surface area contributed by atoms with Crippen molar-refractivity contribution in [1.82, 2.24) is 5.32 Å². The first kappa shape index (κ1) is 18.9. The quantitative estimate of drug-likeness (QED) is 0.656. The van der Waals surface area contributed by atoms with Crippen LogP contribution in [0.2, 0.25) is 0 Å². The van der Waals surface area contributed by atoms with Gasteiger partial charge in [0.1, 0.15) is 11.3 Å². The third kappa shape index (κ3) is 4.27. The van der Waals surface area contributed by atoms with Gasteiger partial charge in [-0.1, -0.05) is 24.3 Å². The first-order chi connectivity index (χ1) is 12.8. The Bertz CT molecular complexity index is 965. The number of hydrogen-bond acceptors (Lipinski definition) is 3. The highest BCUT2D eigenvalue weighted by Gasteiger charge is 2.16. The summed E-state index contributed by atoms with van der Waals surface area (Å²) in [4.78, 5) is 12.4. The molecule has 1 N–H and O–H groups in total. The van der Waals surface area contributed by atoms with E-state index in [0.717, 1.165) is 27.7 Å². The molecule has 1 aromatic heterocycles. The highest BCUT2D eigenvalue weighted by molar-refractivity contribution is 5.89. The van der Waals surface area contributed by atoms with E-state index in [9.17, 15) is 13.6 Å². The minimum Gasteiger partial charge on any atom is -0.464 e. The van der Waals surface area contributed by atoms with Gasteiger partial charge in [-0.25, -0.2) is 0 Å². The van der Waals surface area contributed by atoms with Crippen molar-refractivity contribution in [2.45, 2.75) is 39.8 Å². The summed E-state index contributed by atoms with van der Waals surface area (Å²) in [6, 6.07) is 9.93. The van der Waals surface area contributed by atoms with Crippen LogP contribution in [-0.2, 0) is 11.2 Å². The predicted molar refractivity (Wildman–Crippen MR) is 99.0 cm³/mol. The minimum absolute atomic E-state index is 0.0651. The van der Waals surface area contributed by atoms with Crippen LogP contribution in [0.25, 0.3) is 11.0 Å². The maximum Gasteiger partial charge on any atom is 0.387 e. The Hall–Kier alpha value is -2.89. The molecular weight excluding hydrogens is 352 g/mol. The molecule has 0 aliphatic heterocycles. The van der Waals surface area contributed by atoms with Gasteiger partial charge in [0, 0.05) is 10.9 Å². The largest absolute Gasteiger partial charge is 0.464 e. The van der Waals surface area contributed by atoms with Gasteiger partial charge in [-0.3, -0.25) is 4.79 Å². The molecule has 27 heavy (non-hydrogen) atoms. The Morgan fingerprint density at radius 1 is 1.22 bits per heavy atom. The first-order valence-corrected chi connectivity index (χ1v) is 8.65. The Labute approximate surface area is 156 Å². The van der Waals surface area contributed by atoms with Gasteiger partial charge in [0.05, 0.1) is 18.7 Å². The number of fused-ring (bicyclic) bond motifs is 1. The molecule has 2 aromatic carbocycles. The number of carbonyl (C=O) groups is 1. The molecule has 0 radical (unpaired) electrons. The molecule has 0 aliphatic carbocycles. The summed E-state index contributed by atoms with van der Waals surface area (Å²) < 4.78 is 34.8. The molecule has 0 saturated carbocycles. The standard InChI is InChI=1S/C21H21F2NO3/c1-12-7-8-18-16(11-26-20(18)13(12)2)10-19(25)24-14(3)15-5-4-6-17(9-15)27-21(22)23/h4-9,11,14,21H,10H2,1-3H3,(H,24,25). The van der Waals surface area contributed by atoms with Crippen LogP contribution >= 0.6 is 0 Å². The highest BCUT2D eigenvalue weighted by atomic mass is 19.3. The second-order valence-electron chi connectivity index (χ2n) is 6.56. The molecule has 1 atom stereocenters. The number of carbonyl (C=O) groups excluding carboxylic acids is 1. The fourth-order valence-corrected chi connectivity index (χ4v) is 3.03. The summed E-state index contributed by atoms with van der Waals surface area (Å²) >= 11 is 0. The molecule has 0 saturated heterocycles. The molecule has 1 heterocycles. The second kappa shape index (κ2) is 7.78. The summed E-state index contributed by atoms with van der Waals surface area (Å²) in [5.41, 5.74) is 4.48. The fraction of sp³-hybridized carbons (Fsp3) is 0.286. The third-order valence-corrected chi connectivity index (χ3v) is 4.65. The monoisotopic (exact) mass is 373 g/mol. The van der Waals surface area contributed by atoms with Gasteiger partial charge in [-0.2, -0.15) is 8.78 Å². The Kier molecular flexibility index (Phi) is 5.44. The lowest BCUT2D eigenvalue weighted by molar-refractivity contribution is -0.121. The highest BCUT2D eigenvalue weighted by Crippen LogP contribution is 2.27. The van der Waals surface area contributed by atoms with Gasteiger partial charge in [0.15, 0.2) is 0 Å². The maximum atomic E-state index is 12.4. The minimum atomic E-state index is -2.88.